The van der Waals surface area contributed by atoms with E-state index in [4.69, 9.17) is 19.9 Å². The summed E-state index contributed by atoms with van der Waals surface area (Å²) in [6.45, 7) is 5.94. The lowest BCUT2D eigenvalue weighted by atomic mass is 9.84. The normalized spacial score (nSPS) is 19.2. The van der Waals surface area contributed by atoms with Crippen LogP contribution in [0.2, 0.25) is 0 Å². The molecule has 0 radical (unpaired) electrons. The van der Waals surface area contributed by atoms with E-state index >= 15 is 0 Å². The summed E-state index contributed by atoms with van der Waals surface area (Å²) in [5, 5.41) is 0. The van der Waals surface area contributed by atoms with Crippen molar-refractivity contribution in [2.45, 2.75) is 31.9 Å². The van der Waals surface area contributed by atoms with Crippen LogP contribution in [0, 0.1) is 5.92 Å². The molecular weight excluding hydrogens is 316 g/mol. The first kappa shape index (κ1) is 16.4. The second-order valence-corrected chi connectivity index (χ2v) is 7.30. The number of hydrogen-bond donors (Lipinski definition) is 1. The van der Waals surface area contributed by atoms with Crippen LogP contribution in [0.25, 0.3) is 11.1 Å². The number of pyridine rings is 1. The van der Waals surface area contributed by atoms with E-state index in [0.29, 0.717) is 25.7 Å². The fourth-order valence-electron chi connectivity index (χ4n) is 3.60. The summed E-state index contributed by atoms with van der Waals surface area (Å²) in [6, 6.07) is 8.28. The first-order valence-corrected chi connectivity index (χ1v) is 8.81. The molecule has 5 nitrogen and oxygen atoms in total. The van der Waals surface area contributed by atoms with Crippen molar-refractivity contribution in [1.29, 1.82) is 0 Å². The maximum atomic E-state index is 6.33. The molecule has 2 atom stereocenters. The highest BCUT2D eigenvalue weighted by atomic mass is 16.6. The fraction of sp³-hybridized carbons (Fsp3) is 0.450. The summed E-state index contributed by atoms with van der Waals surface area (Å²) in [7, 11) is 0. The fourth-order valence-corrected chi connectivity index (χ4v) is 3.60. The van der Waals surface area contributed by atoms with Gasteiger partial charge in [-0.3, -0.25) is 4.98 Å². The summed E-state index contributed by atoms with van der Waals surface area (Å²) in [5.41, 5.74) is 8.80. The zero-order valence-corrected chi connectivity index (χ0v) is 14.7. The Bertz CT molecular complexity index is 771. The molecule has 2 aliphatic rings. The van der Waals surface area contributed by atoms with Gasteiger partial charge in [0, 0.05) is 35.6 Å². The number of fused-ring (bicyclic) bond motifs is 4. The third-order valence-corrected chi connectivity index (χ3v) is 4.84. The van der Waals surface area contributed by atoms with Gasteiger partial charge >= 0.3 is 0 Å². The Morgan fingerprint density at radius 1 is 1.24 bits per heavy atom. The third-order valence-electron chi connectivity index (χ3n) is 4.84. The van der Waals surface area contributed by atoms with Gasteiger partial charge in [0.05, 0.1) is 19.8 Å². The molecule has 2 aromatic rings. The molecule has 1 aromatic heterocycles. The lowest BCUT2D eigenvalue weighted by Gasteiger charge is -2.45. The molecule has 1 saturated heterocycles. The number of rotatable bonds is 5. The van der Waals surface area contributed by atoms with Crippen LogP contribution in [-0.4, -0.2) is 30.8 Å². The Morgan fingerprint density at radius 3 is 2.80 bits per heavy atom. The van der Waals surface area contributed by atoms with Crippen LogP contribution in [0.5, 0.6) is 11.5 Å². The summed E-state index contributed by atoms with van der Waals surface area (Å²) >= 11 is 0. The molecule has 5 heteroatoms. The zero-order chi connectivity index (χ0) is 17.4. The van der Waals surface area contributed by atoms with Crippen molar-refractivity contribution in [1.82, 2.24) is 4.98 Å². The van der Waals surface area contributed by atoms with Crippen molar-refractivity contribution >= 4 is 0 Å². The van der Waals surface area contributed by atoms with Crippen molar-refractivity contribution in [2.24, 2.45) is 11.7 Å². The van der Waals surface area contributed by atoms with E-state index in [1.54, 1.807) is 0 Å². The van der Waals surface area contributed by atoms with Crippen molar-refractivity contribution in [3.05, 3.63) is 42.2 Å². The zero-order valence-electron chi connectivity index (χ0n) is 14.7. The Morgan fingerprint density at radius 2 is 2.08 bits per heavy atom. The number of hydrogen-bond acceptors (Lipinski definition) is 5. The topological polar surface area (TPSA) is 66.6 Å². The second kappa shape index (κ2) is 6.32. The monoisotopic (exact) mass is 340 g/mol. The maximum absolute atomic E-state index is 6.33. The van der Waals surface area contributed by atoms with Gasteiger partial charge in [0.25, 0.3) is 0 Å². The molecule has 2 unspecified atom stereocenters. The van der Waals surface area contributed by atoms with E-state index in [0.717, 1.165) is 34.6 Å². The van der Waals surface area contributed by atoms with Crippen LogP contribution in [0.3, 0.4) is 0 Å². The molecule has 2 N–H and O–H groups in total. The molecule has 2 aliphatic heterocycles. The smallest absolute Gasteiger partial charge is 0.182 e. The second-order valence-electron chi connectivity index (χ2n) is 7.30. The number of ether oxygens (including phenoxy) is 3. The molecular formula is C20H24N2O3. The Balaban J connectivity index is 1.58. The van der Waals surface area contributed by atoms with E-state index in [9.17, 15) is 0 Å². The molecule has 3 heterocycles. The highest BCUT2D eigenvalue weighted by molar-refractivity contribution is 5.77. The first-order valence-electron chi connectivity index (χ1n) is 8.81. The van der Waals surface area contributed by atoms with Crippen LogP contribution in [0.15, 0.2) is 36.7 Å². The quantitative estimate of drug-likeness (QED) is 0.906. The van der Waals surface area contributed by atoms with Crippen molar-refractivity contribution in [2.75, 3.05) is 19.8 Å². The molecule has 0 saturated carbocycles. The van der Waals surface area contributed by atoms with Gasteiger partial charge < -0.3 is 19.9 Å². The number of nitrogens with zero attached hydrogens (tertiary/aromatic N) is 1. The molecule has 0 bridgehead atoms. The van der Waals surface area contributed by atoms with E-state index in [1.165, 1.54) is 0 Å². The van der Waals surface area contributed by atoms with Crippen molar-refractivity contribution < 1.29 is 14.2 Å². The maximum Gasteiger partial charge on any atom is 0.182 e. The van der Waals surface area contributed by atoms with Crippen molar-refractivity contribution in [3.63, 3.8) is 0 Å². The SMILES string of the molecule is CC(N)CC(C)COc1ccc2c(c1)OC1(COC1)c1cnccc1-2. The van der Waals surface area contributed by atoms with Gasteiger partial charge in [0.2, 0.25) is 0 Å². The van der Waals surface area contributed by atoms with Gasteiger partial charge in [-0.25, -0.2) is 0 Å². The van der Waals surface area contributed by atoms with Gasteiger partial charge in [0.15, 0.2) is 5.60 Å². The van der Waals surface area contributed by atoms with Gasteiger partial charge in [-0.05, 0) is 43.0 Å². The standard InChI is InChI=1S/C20H24N2O3/c1-13(7-14(2)21)10-24-15-3-4-17-16-5-6-22-9-18(16)20(11-23-12-20)25-19(17)8-15/h3-6,8-9,13-14H,7,10-12,21H2,1-2H3. The van der Waals surface area contributed by atoms with Crippen LogP contribution >= 0.6 is 0 Å². The average Bonchev–Trinajstić information content (AvgIpc) is 2.57. The summed E-state index contributed by atoms with van der Waals surface area (Å²) < 4.78 is 17.7. The van der Waals surface area contributed by atoms with Crippen LogP contribution < -0.4 is 15.2 Å². The molecule has 0 aliphatic carbocycles. The average molecular weight is 340 g/mol. The number of nitrogens with two attached hydrogens (primary N) is 1. The minimum Gasteiger partial charge on any atom is -0.493 e. The molecule has 1 spiro atoms. The Kier molecular flexibility index (Phi) is 4.13. The first-order chi connectivity index (χ1) is 12.1. The van der Waals surface area contributed by atoms with E-state index < -0.39 is 5.60 Å². The molecule has 1 fully saturated rings. The highest BCUT2D eigenvalue weighted by Gasteiger charge is 2.47. The van der Waals surface area contributed by atoms with E-state index in [1.807, 2.05) is 37.5 Å². The highest BCUT2D eigenvalue weighted by Crippen LogP contribution is 2.48. The number of benzene rings is 1. The lowest BCUT2D eigenvalue weighted by molar-refractivity contribution is -0.169. The summed E-state index contributed by atoms with van der Waals surface area (Å²) in [6.07, 6.45) is 4.66. The van der Waals surface area contributed by atoms with Crippen LogP contribution in [0.4, 0.5) is 0 Å². The third kappa shape index (κ3) is 2.98. The molecule has 25 heavy (non-hydrogen) atoms. The molecule has 132 valence electrons. The minimum absolute atomic E-state index is 0.189. The van der Waals surface area contributed by atoms with Gasteiger partial charge in [-0.15, -0.1) is 0 Å². The van der Waals surface area contributed by atoms with E-state index in [-0.39, 0.29) is 6.04 Å². The summed E-state index contributed by atoms with van der Waals surface area (Å²) in [5.74, 6) is 2.08. The van der Waals surface area contributed by atoms with Gasteiger partial charge in [-0.2, -0.15) is 0 Å². The van der Waals surface area contributed by atoms with Crippen LogP contribution in [0.1, 0.15) is 25.8 Å². The molecule has 4 rings (SSSR count). The van der Waals surface area contributed by atoms with Gasteiger partial charge in [0.1, 0.15) is 11.5 Å². The largest absolute Gasteiger partial charge is 0.493 e. The molecule has 0 amide bonds. The predicted octanol–water partition coefficient (Wildman–Crippen LogP) is 3.12. The summed E-state index contributed by atoms with van der Waals surface area (Å²) in [4.78, 5) is 4.27. The lowest BCUT2D eigenvalue weighted by Crippen LogP contribution is -2.53. The molecule has 1 aromatic carbocycles. The van der Waals surface area contributed by atoms with Crippen LogP contribution in [-0.2, 0) is 10.3 Å². The minimum atomic E-state index is -0.405. The number of aromatic nitrogens is 1. The van der Waals surface area contributed by atoms with E-state index in [2.05, 4.69) is 18.0 Å². The predicted molar refractivity (Wildman–Crippen MR) is 95.7 cm³/mol. The van der Waals surface area contributed by atoms with Crippen molar-refractivity contribution in [3.8, 4) is 22.6 Å². The Hall–Kier alpha value is -2.11. The Labute approximate surface area is 148 Å². The van der Waals surface area contributed by atoms with Gasteiger partial charge in [-0.1, -0.05) is 6.92 Å².